The van der Waals surface area contributed by atoms with Gasteiger partial charge in [-0.05, 0) is 12.8 Å². The Kier molecular flexibility index (Phi) is 26.9. The lowest BCUT2D eigenvalue weighted by molar-refractivity contribution is -0.141. The molecule has 0 rings (SSSR count). The maximum absolute atomic E-state index is 11.7. The van der Waals surface area contributed by atoms with Crippen LogP contribution in [0.5, 0.6) is 0 Å². The molecule has 0 aromatic rings. The topological polar surface area (TPSA) is 52.6 Å². The van der Waals surface area contributed by atoms with Crippen molar-refractivity contribution in [2.75, 3.05) is 11.9 Å². The molecule has 0 bridgehead atoms. The van der Waals surface area contributed by atoms with Crippen molar-refractivity contribution in [3.8, 4) is 0 Å². The smallest absolute Gasteiger partial charge is 0.306 e. The van der Waals surface area contributed by atoms with E-state index < -0.39 is 0 Å². The highest BCUT2D eigenvalue weighted by Gasteiger charge is 2.05. The van der Waals surface area contributed by atoms with Gasteiger partial charge in [0.25, 0.3) is 0 Å². The molecule has 0 amide bonds. The first-order chi connectivity index (χ1) is 16.2. The molecule has 4 nitrogen and oxygen atoms in total. The molecule has 0 aromatic heterocycles. The van der Waals surface area contributed by atoms with Crippen molar-refractivity contribution in [1.29, 1.82) is 0 Å². The van der Waals surface area contributed by atoms with Crippen molar-refractivity contribution in [2.24, 2.45) is 0 Å². The van der Waals surface area contributed by atoms with Crippen LogP contribution in [0.15, 0.2) is 0 Å². The molecule has 0 saturated carbocycles. The summed E-state index contributed by atoms with van der Waals surface area (Å²) in [6.45, 7) is 4.50. The summed E-state index contributed by atoms with van der Waals surface area (Å²) in [5.74, 6) is 0.252. The molecule has 0 N–H and O–H groups in total. The lowest BCUT2D eigenvalue weighted by Gasteiger charge is -2.06. The highest BCUT2D eigenvalue weighted by Crippen LogP contribution is 2.13. The van der Waals surface area contributed by atoms with E-state index >= 15 is 0 Å². The van der Waals surface area contributed by atoms with Gasteiger partial charge < -0.3 is 9.47 Å². The lowest BCUT2D eigenvalue weighted by Crippen LogP contribution is -2.07. The van der Waals surface area contributed by atoms with Gasteiger partial charge in [0.05, 0.1) is 0 Å². The van der Waals surface area contributed by atoms with E-state index in [1.165, 1.54) is 114 Å². The summed E-state index contributed by atoms with van der Waals surface area (Å²) >= 11 is 1.34. The molecule has 33 heavy (non-hydrogen) atoms. The molecule has 0 heterocycles. The van der Waals surface area contributed by atoms with Crippen molar-refractivity contribution in [1.82, 2.24) is 0 Å². The van der Waals surface area contributed by atoms with Gasteiger partial charge in [0, 0.05) is 12.8 Å². The van der Waals surface area contributed by atoms with E-state index in [4.69, 9.17) is 9.47 Å². The van der Waals surface area contributed by atoms with Gasteiger partial charge in [-0.1, -0.05) is 141 Å². The van der Waals surface area contributed by atoms with Gasteiger partial charge in [0.1, 0.15) is 11.9 Å². The molecule has 0 aliphatic rings. The first-order valence-electron chi connectivity index (χ1n) is 14.1. The molecule has 196 valence electrons. The summed E-state index contributed by atoms with van der Waals surface area (Å²) in [5.41, 5.74) is 0. The molecule has 0 aliphatic heterocycles. The molecule has 0 saturated heterocycles. The number of hydrogen-bond donors (Lipinski definition) is 0. The van der Waals surface area contributed by atoms with Crippen LogP contribution in [0, 0.1) is 0 Å². The number of hydrogen-bond acceptors (Lipinski definition) is 5. The van der Waals surface area contributed by atoms with Crippen molar-refractivity contribution in [3.05, 3.63) is 0 Å². The molecule has 0 fully saturated rings. The summed E-state index contributed by atoms with van der Waals surface area (Å²) in [6, 6.07) is 0. The molecule has 0 radical (unpaired) electrons. The third-order valence-electron chi connectivity index (χ3n) is 6.08. The van der Waals surface area contributed by atoms with Gasteiger partial charge in [-0.3, -0.25) is 9.59 Å². The molecular weight excluding hydrogens is 432 g/mol. The molecule has 0 aromatic carbocycles. The van der Waals surface area contributed by atoms with E-state index in [-0.39, 0.29) is 23.8 Å². The van der Waals surface area contributed by atoms with Crippen LogP contribution < -0.4 is 0 Å². The molecular formula is C28H54O4S. The Morgan fingerprint density at radius 2 is 0.727 bits per heavy atom. The largest absolute Gasteiger partial charge is 0.454 e. The van der Waals surface area contributed by atoms with Gasteiger partial charge in [0.15, 0.2) is 0 Å². The van der Waals surface area contributed by atoms with Crippen LogP contribution in [0.4, 0.5) is 0 Å². The minimum absolute atomic E-state index is 0.140. The van der Waals surface area contributed by atoms with E-state index in [0.717, 1.165) is 25.7 Å². The maximum atomic E-state index is 11.7. The minimum Gasteiger partial charge on any atom is -0.454 e. The monoisotopic (exact) mass is 486 g/mol. The molecule has 0 atom stereocenters. The average molecular weight is 487 g/mol. The molecule has 0 aliphatic carbocycles. The Morgan fingerprint density at radius 3 is 1.03 bits per heavy atom. The van der Waals surface area contributed by atoms with E-state index in [1.54, 1.807) is 0 Å². The zero-order valence-corrected chi connectivity index (χ0v) is 22.8. The number of carbonyl (C=O) groups excluding carboxylic acids is 2. The van der Waals surface area contributed by atoms with Crippen molar-refractivity contribution in [2.45, 2.75) is 155 Å². The first kappa shape index (κ1) is 32.3. The van der Waals surface area contributed by atoms with Crippen molar-refractivity contribution < 1.29 is 19.1 Å². The summed E-state index contributed by atoms with van der Waals surface area (Å²) < 4.78 is 10.4. The van der Waals surface area contributed by atoms with Crippen LogP contribution in [-0.2, 0) is 19.1 Å². The molecule has 0 unspecified atom stereocenters. The second kappa shape index (κ2) is 27.5. The number of unbranched alkanes of at least 4 members (excludes halogenated alkanes) is 18. The van der Waals surface area contributed by atoms with Crippen LogP contribution >= 0.6 is 11.8 Å². The molecule has 0 spiro atoms. The van der Waals surface area contributed by atoms with Crippen molar-refractivity contribution >= 4 is 23.7 Å². The van der Waals surface area contributed by atoms with Crippen molar-refractivity contribution in [3.63, 3.8) is 0 Å². The van der Waals surface area contributed by atoms with Gasteiger partial charge in [-0.15, -0.1) is 0 Å². The van der Waals surface area contributed by atoms with Crippen LogP contribution in [0.3, 0.4) is 0 Å². The van der Waals surface area contributed by atoms with Gasteiger partial charge in [-0.2, -0.15) is 0 Å². The Hall–Kier alpha value is -0.710. The van der Waals surface area contributed by atoms with Crippen LogP contribution in [0.1, 0.15) is 155 Å². The van der Waals surface area contributed by atoms with E-state index in [0.29, 0.717) is 12.8 Å². The van der Waals surface area contributed by atoms with Gasteiger partial charge in [0.2, 0.25) is 0 Å². The standard InChI is InChI=1S/C28H54O4S/c1-3-5-7-9-11-13-15-17-19-21-23-27(29)31-25-33-26-32-28(30)24-22-20-18-16-14-12-10-8-6-4-2/h3-26H2,1-2H3. The Balaban J connectivity index is 3.28. The van der Waals surface area contributed by atoms with Gasteiger partial charge in [-0.25, -0.2) is 0 Å². The summed E-state index contributed by atoms with van der Waals surface area (Å²) in [7, 11) is 0. The van der Waals surface area contributed by atoms with E-state index in [1.807, 2.05) is 0 Å². The fourth-order valence-corrected chi connectivity index (χ4v) is 4.40. The highest BCUT2D eigenvalue weighted by atomic mass is 32.2. The first-order valence-corrected chi connectivity index (χ1v) is 15.2. The predicted octanol–water partition coefficient (Wildman–Crippen LogP) is 9.34. The zero-order chi connectivity index (χ0) is 24.2. The number of ether oxygens (including phenoxy) is 2. The maximum Gasteiger partial charge on any atom is 0.306 e. The highest BCUT2D eigenvalue weighted by molar-refractivity contribution is 7.99. The number of carbonyl (C=O) groups is 2. The lowest BCUT2D eigenvalue weighted by atomic mass is 10.1. The number of thioether (sulfide) groups is 1. The number of esters is 2. The van der Waals surface area contributed by atoms with Crippen LogP contribution in [0.2, 0.25) is 0 Å². The Bertz CT molecular complexity index is 390. The van der Waals surface area contributed by atoms with Crippen LogP contribution in [0.25, 0.3) is 0 Å². The third-order valence-corrected chi connectivity index (χ3v) is 6.64. The predicted molar refractivity (Wildman–Crippen MR) is 142 cm³/mol. The minimum atomic E-state index is -0.140. The average Bonchev–Trinajstić information content (AvgIpc) is 2.81. The summed E-state index contributed by atoms with van der Waals surface area (Å²) in [6.07, 6.45) is 26.2. The molecule has 5 heteroatoms. The van der Waals surface area contributed by atoms with E-state index in [2.05, 4.69) is 13.8 Å². The number of rotatable bonds is 26. The van der Waals surface area contributed by atoms with E-state index in [9.17, 15) is 9.59 Å². The van der Waals surface area contributed by atoms with Crippen LogP contribution in [-0.4, -0.2) is 23.8 Å². The van der Waals surface area contributed by atoms with Gasteiger partial charge >= 0.3 is 11.9 Å². The SMILES string of the molecule is CCCCCCCCCCCCC(=O)OCSCOC(=O)CCCCCCCCCCCC. The fraction of sp³-hybridized carbons (Fsp3) is 0.929. The Labute approximate surface area is 209 Å². The quantitative estimate of drug-likeness (QED) is 0.0692. The summed E-state index contributed by atoms with van der Waals surface area (Å²) in [4.78, 5) is 23.5. The summed E-state index contributed by atoms with van der Waals surface area (Å²) in [5, 5.41) is 0. The second-order valence-electron chi connectivity index (χ2n) is 9.34. The zero-order valence-electron chi connectivity index (χ0n) is 22.0. The Morgan fingerprint density at radius 1 is 0.455 bits per heavy atom. The normalized spacial score (nSPS) is 11.0. The second-order valence-corrected chi connectivity index (χ2v) is 10.2. The third kappa shape index (κ3) is 27.4. The fourth-order valence-electron chi connectivity index (χ4n) is 3.91.